The Morgan fingerprint density at radius 2 is 0.881 bits per heavy atom. The molecule has 2 atom stereocenters. The molecule has 7 rings (SSSR count). The van der Waals surface area contributed by atoms with E-state index in [2.05, 4.69) is 0 Å². The first-order valence-electron chi connectivity index (χ1n) is 13.7. The molecule has 210 valence electrons. The van der Waals surface area contributed by atoms with E-state index in [4.69, 9.17) is 28.4 Å². The van der Waals surface area contributed by atoms with Crippen LogP contribution in [0.4, 0.5) is 0 Å². The lowest BCUT2D eigenvalue weighted by atomic mass is 10.1. The standard InChI is InChI=1S/C34H26O8/c35-33(41-29-11-7-21-5-9-27(13-25(21)15-29)37-17-31-19-39-31)23-1-2-24(4-3-23)34(36)42-30-12-8-22-6-10-28(14-26(22)16-30)38-18-32-20-40-32/h1-16,31-32H,17-20H2. The molecule has 2 heterocycles. The molecular weight excluding hydrogens is 536 g/mol. The van der Waals surface area contributed by atoms with Crippen molar-refractivity contribution in [2.45, 2.75) is 12.2 Å². The van der Waals surface area contributed by atoms with Crippen molar-refractivity contribution in [3.05, 3.63) is 108 Å². The minimum absolute atomic E-state index is 0.168. The molecule has 8 nitrogen and oxygen atoms in total. The van der Waals surface area contributed by atoms with Crippen molar-refractivity contribution in [1.29, 1.82) is 0 Å². The average molecular weight is 563 g/mol. The number of epoxide rings is 2. The van der Waals surface area contributed by atoms with Gasteiger partial charge in [-0.25, -0.2) is 9.59 Å². The monoisotopic (exact) mass is 562 g/mol. The molecule has 2 aliphatic rings. The van der Waals surface area contributed by atoms with E-state index in [1.807, 2.05) is 48.5 Å². The molecule has 0 radical (unpaired) electrons. The molecular formula is C34H26O8. The van der Waals surface area contributed by atoms with Gasteiger partial charge in [-0.15, -0.1) is 0 Å². The van der Waals surface area contributed by atoms with Crippen molar-refractivity contribution in [3.8, 4) is 23.0 Å². The molecule has 42 heavy (non-hydrogen) atoms. The van der Waals surface area contributed by atoms with Crippen LogP contribution in [0.25, 0.3) is 21.5 Å². The Hall–Kier alpha value is -4.92. The van der Waals surface area contributed by atoms with Gasteiger partial charge in [-0.1, -0.05) is 24.3 Å². The maximum Gasteiger partial charge on any atom is 0.343 e. The van der Waals surface area contributed by atoms with Crippen LogP contribution in [0.1, 0.15) is 20.7 Å². The average Bonchev–Trinajstić information content (AvgIpc) is 3.94. The van der Waals surface area contributed by atoms with Crippen LogP contribution < -0.4 is 18.9 Å². The Labute approximate surface area is 241 Å². The van der Waals surface area contributed by atoms with Gasteiger partial charge in [0.2, 0.25) is 0 Å². The fourth-order valence-corrected chi connectivity index (χ4v) is 4.49. The maximum atomic E-state index is 12.8. The molecule has 0 N–H and O–H groups in total. The van der Waals surface area contributed by atoms with Crippen LogP contribution in [0.2, 0.25) is 0 Å². The Kier molecular flexibility index (Phi) is 6.91. The molecule has 0 bridgehead atoms. The van der Waals surface area contributed by atoms with E-state index in [9.17, 15) is 9.59 Å². The summed E-state index contributed by atoms with van der Waals surface area (Å²) in [6.07, 6.45) is 0.336. The van der Waals surface area contributed by atoms with Gasteiger partial charge in [0.1, 0.15) is 48.4 Å². The summed E-state index contributed by atoms with van der Waals surface area (Å²) in [5.74, 6) is 1.20. The van der Waals surface area contributed by atoms with Crippen molar-refractivity contribution in [2.24, 2.45) is 0 Å². The number of hydrogen-bond acceptors (Lipinski definition) is 8. The molecule has 0 amide bonds. The fourth-order valence-electron chi connectivity index (χ4n) is 4.49. The highest BCUT2D eigenvalue weighted by atomic mass is 16.6. The second-order valence-electron chi connectivity index (χ2n) is 10.2. The summed E-state index contributed by atoms with van der Waals surface area (Å²) in [6.45, 7) is 2.49. The Morgan fingerprint density at radius 3 is 1.26 bits per heavy atom. The van der Waals surface area contributed by atoms with Crippen molar-refractivity contribution < 1.29 is 38.0 Å². The number of rotatable bonds is 10. The van der Waals surface area contributed by atoms with E-state index in [0.29, 0.717) is 35.8 Å². The normalized spacial score (nSPS) is 17.0. The summed E-state index contributed by atoms with van der Waals surface area (Å²) in [5, 5.41) is 3.77. The number of ether oxygens (including phenoxy) is 6. The Bertz CT molecular complexity index is 1660. The largest absolute Gasteiger partial charge is 0.491 e. The Balaban J connectivity index is 0.987. The summed E-state index contributed by atoms with van der Waals surface area (Å²) in [7, 11) is 0. The highest BCUT2D eigenvalue weighted by Gasteiger charge is 2.24. The summed E-state index contributed by atoms with van der Waals surface area (Å²) < 4.78 is 33.1. The van der Waals surface area contributed by atoms with Crippen LogP contribution in [0.3, 0.4) is 0 Å². The zero-order valence-corrected chi connectivity index (χ0v) is 22.5. The predicted molar refractivity (Wildman–Crippen MR) is 155 cm³/mol. The third kappa shape index (κ3) is 6.20. The smallest absolute Gasteiger partial charge is 0.343 e. The zero-order chi connectivity index (χ0) is 28.5. The number of carbonyl (C=O) groups excluding carboxylic acids is 2. The minimum Gasteiger partial charge on any atom is -0.491 e. The molecule has 0 aromatic heterocycles. The highest BCUT2D eigenvalue weighted by Crippen LogP contribution is 2.28. The van der Waals surface area contributed by atoms with E-state index in [0.717, 1.165) is 46.3 Å². The van der Waals surface area contributed by atoms with Gasteiger partial charge in [-0.05, 0) is 94.3 Å². The molecule has 2 fully saturated rings. The van der Waals surface area contributed by atoms with Crippen molar-refractivity contribution in [3.63, 3.8) is 0 Å². The van der Waals surface area contributed by atoms with Crippen LogP contribution in [0, 0.1) is 0 Å². The number of hydrogen-bond donors (Lipinski definition) is 0. The second kappa shape index (κ2) is 11.2. The van der Waals surface area contributed by atoms with Crippen LogP contribution in [-0.4, -0.2) is 50.6 Å². The van der Waals surface area contributed by atoms with Crippen LogP contribution in [-0.2, 0) is 9.47 Å². The first kappa shape index (κ1) is 26.0. The van der Waals surface area contributed by atoms with Gasteiger partial charge in [0, 0.05) is 0 Å². The molecule has 8 heteroatoms. The van der Waals surface area contributed by atoms with Gasteiger partial charge in [-0.3, -0.25) is 0 Å². The van der Waals surface area contributed by atoms with Crippen molar-refractivity contribution >= 4 is 33.5 Å². The van der Waals surface area contributed by atoms with Crippen molar-refractivity contribution in [1.82, 2.24) is 0 Å². The van der Waals surface area contributed by atoms with Crippen LogP contribution in [0.5, 0.6) is 23.0 Å². The molecule has 0 aliphatic carbocycles. The fraction of sp³-hybridized carbons (Fsp3) is 0.176. The lowest BCUT2D eigenvalue weighted by Gasteiger charge is -2.09. The topological polar surface area (TPSA) is 96.1 Å². The van der Waals surface area contributed by atoms with Gasteiger partial charge >= 0.3 is 11.9 Å². The van der Waals surface area contributed by atoms with Crippen LogP contribution in [0.15, 0.2) is 97.1 Å². The first-order chi connectivity index (χ1) is 20.6. The Morgan fingerprint density at radius 1 is 0.524 bits per heavy atom. The van der Waals surface area contributed by atoms with E-state index >= 15 is 0 Å². The molecule has 5 aromatic rings. The molecule has 0 saturated carbocycles. The molecule has 0 spiro atoms. The zero-order valence-electron chi connectivity index (χ0n) is 22.5. The maximum absolute atomic E-state index is 12.8. The number of carbonyl (C=O) groups is 2. The summed E-state index contributed by atoms with van der Waals surface area (Å²) >= 11 is 0. The molecule has 2 unspecified atom stereocenters. The number of esters is 2. The lowest BCUT2D eigenvalue weighted by Crippen LogP contribution is -2.11. The van der Waals surface area contributed by atoms with Gasteiger partial charge in [-0.2, -0.15) is 0 Å². The van der Waals surface area contributed by atoms with Gasteiger partial charge in [0.05, 0.1) is 24.3 Å². The summed E-state index contributed by atoms with van der Waals surface area (Å²) in [4.78, 5) is 25.6. The summed E-state index contributed by atoms with van der Waals surface area (Å²) in [5.41, 5.74) is 0.617. The quantitative estimate of drug-likeness (QED) is 0.116. The van der Waals surface area contributed by atoms with Gasteiger partial charge in [0.25, 0.3) is 0 Å². The molecule has 5 aromatic carbocycles. The first-order valence-corrected chi connectivity index (χ1v) is 13.7. The predicted octanol–water partition coefficient (Wildman–Crippen LogP) is 5.99. The molecule has 2 saturated heterocycles. The highest BCUT2D eigenvalue weighted by molar-refractivity contribution is 5.96. The van der Waals surface area contributed by atoms with E-state index in [1.165, 1.54) is 0 Å². The van der Waals surface area contributed by atoms with Gasteiger partial charge in [0.15, 0.2) is 0 Å². The van der Waals surface area contributed by atoms with E-state index in [-0.39, 0.29) is 12.2 Å². The van der Waals surface area contributed by atoms with Gasteiger partial charge < -0.3 is 28.4 Å². The minimum atomic E-state index is -0.534. The molecule has 2 aliphatic heterocycles. The number of benzene rings is 5. The third-order valence-electron chi connectivity index (χ3n) is 7.02. The summed E-state index contributed by atoms with van der Waals surface area (Å²) in [6, 6.07) is 28.5. The number of fused-ring (bicyclic) bond motifs is 2. The van der Waals surface area contributed by atoms with E-state index in [1.54, 1.807) is 48.5 Å². The van der Waals surface area contributed by atoms with E-state index < -0.39 is 11.9 Å². The lowest BCUT2D eigenvalue weighted by molar-refractivity contribution is 0.0720. The van der Waals surface area contributed by atoms with Crippen LogP contribution >= 0.6 is 0 Å². The second-order valence-corrected chi connectivity index (χ2v) is 10.2. The SMILES string of the molecule is O=C(Oc1ccc2ccc(OCC3CO3)cc2c1)c1ccc(C(=O)Oc2ccc3ccc(OCC4CO4)cc3c2)cc1. The third-order valence-corrected chi connectivity index (χ3v) is 7.02. The van der Waals surface area contributed by atoms with Crippen molar-refractivity contribution in [2.75, 3.05) is 26.4 Å².